The fourth-order valence-corrected chi connectivity index (χ4v) is 4.42. The number of ether oxygens (including phenoxy) is 2. The SMILES string of the molecule is C=CC[C@@]1(C(=O)NCc2cccc(F)c2)N=C(c2ccc(OCCCO)cc2)O[C@@H]1c1ccc(Br)cc1. The minimum Gasteiger partial charge on any atom is -0.494 e. The minimum atomic E-state index is -1.31. The van der Waals surface area contributed by atoms with Gasteiger partial charge in [-0.3, -0.25) is 4.79 Å². The zero-order valence-corrected chi connectivity index (χ0v) is 21.8. The summed E-state index contributed by atoms with van der Waals surface area (Å²) in [5.41, 5.74) is 0.811. The third kappa shape index (κ3) is 6.26. The van der Waals surface area contributed by atoms with Crippen molar-refractivity contribution in [3.8, 4) is 5.75 Å². The Morgan fingerprint density at radius 2 is 1.95 bits per heavy atom. The number of rotatable bonds is 11. The molecule has 3 aromatic carbocycles. The summed E-state index contributed by atoms with van der Waals surface area (Å²) in [5.74, 6) is 0.278. The van der Waals surface area contributed by atoms with Gasteiger partial charge in [0.05, 0.1) is 6.61 Å². The first-order chi connectivity index (χ1) is 17.9. The molecule has 2 N–H and O–H groups in total. The molecule has 1 aliphatic rings. The lowest BCUT2D eigenvalue weighted by Gasteiger charge is -2.29. The first-order valence-corrected chi connectivity index (χ1v) is 12.7. The number of aliphatic hydroxyl groups excluding tert-OH is 1. The monoisotopic (exact) mass is 566 g/mol. The van der Waals surface area contributed by atoms with Crippen LogP contribution in [-0.4, -0.2) is 35.7 Å². The maximum atomic E-state index is 13.8. The molecule has 1 heterocycles. The highest BCUT2D eigenvalue weighted by atomic mass is 79.9. The van der Waals surface area contributed by atoms with Crippen molar-refractivity contribution in [1.29, 1.82) is 0 Å². The van der Waals surface area contributed by atoms with Crippen molar-refractivity contribution in [3.63, 3.8) is 0 Å². The number of nitrogens with one attached hydrogen (secondary N) is 1. The molecule has 3 aromatic rings. The van der Waals surface area contributed by atoms with Crippen LogP contribution in [0.4, 0.5) is 4.39 Å². The van der Waals surface area contributed by atoms with Crippen LogP contribution < -0.4 is 10.1 Å². The third-order valence-corrected chi connectivity index (χ3v) is 6.53. The van der Waals surface area contributed by atoms with Gasteiger partial charge in [0.1, 0.15) is 11.6 Å². The quantitative estimate of drug-likeness (QED) is 0.237. The van der Waals surface area contributed by atoms with Crippen molar-refractivity contribution in [2.75, 3.05) is 13.2 Å². The van der Waals surface area contributed by atoms with Crippen molar-refractivity contribution in [1.82, 2.24) is 5.32 Å². The molecular weight excluding hydrogens is 539 g/mol. The molecule has 2 atom stereocenters. The molecule has 192 valence electrons. The summed E-state index contributed by atoms with van der Waals surface area (Å²) in [4.78, 5) is 18.6. The van der Waals surface area contributed by atoms with E-state index in [0.29, 0.717) is 35.8 Å². The summed E-state index contributed by atoms with van der Waals surface area (Å²) >= 11 is 3.46. The standard InChI is InChI=1S/C29H28BrFN2O4/c1-2-15-29(28(35)32-19-20-5-3-6-24(31)18-20)26(21-7-11-23(30)12-8-21)37-27(33-29)22-9-13-25(14-10-22)36-17-4-16-34/h2-3,5-14,18,26,34H,1,4,15-17,19H2,(H,32,35)/t26-,29-/m1/s1. The summed E-state index contributed by atoms with van der Waals surface area (Å²) in [7, 11) is 0. The van der Waals surface area contributed by atoms with Crippen LogP contribution >= 0.6 is 15.9 Å². The molecule has 0 aliphatic carbocycles. The minimum absolute atomic E-state index is 0.0623. The Morgan fingerprint density at radius 1 is 1.19 bits per heavy atom. The molecule has 0 saturated heterocycles. The molecule has 1 aliphatic heterocycles. The fourth-order valence-electron chi connectivity index (χ4n) is 4.16. The van der Waals surface area contributed by atoms with E-state index >= 15 is 0 Å². The van der Waals surface area contributed by atoms with E-state index < -0.39 is 11.6 Å². The number of halogens is 2. The van der Waals surface area contributed by atoms with Crippen LogP contribution in [0.5, 0.6) is 5.75 Å². The summed E-state index contributed by atoms with van der Waals surface area (Å²) in [6, 6.07) is 20.9. The van der Waals surface area contributed by atoms with Gasteiger partial charge in [-0.2, -0.15) is 0 Å². The number of nitrogens with zero attached hydrogens (tertiary/aromatic N) is 1. The fraction of sp³-hybridized carbons (Fsp3) is 0.241. The third-order valence-electron chi connectivity index (χ3n) is 6.00. The topological polar surface area (TPSA) is 80.2 Å². The predicted octanol–water partition coefficient (Wildman–Crippen LogP) is 5.50. The maximum Gasteiger partial charge on any atom is 0.252 e. The molecule has 4 rings (SSSR count). The zero-order valence-electron chi connectivity index (χ0n) is 20.2. The highest BCUT2D eigenvalue weighted by Gasteiger charge is 2.52. The van der Waals surface area contributed by atoms with Crippen molar-refractivity contribution < 1.29 is 23.8 Å². The van der Waals surface area contributed by atoms with Crippen molar-refractivity contribution in [3.05, 3.63) is 112 Å². The van der Waals surface area contributed by atoms with E-state index in [9.17, 15) is 9.18 Å². The average Bonchev–Trinajstić information content (AvgIpc) is 3.29. The Hall–Kier alpha value is -3.49. The summed E-state index contributed by atoms with van der Waals surface area (Å²) in [5, 5.41) is 11.9. The van der Waals surface area contributed by atoms with Gasteiger partial charge < -0.3 is 19.9 Å². The van der Waals surface area contributed by atoms with Crippen LogP contribution in [-0.2, 0) is 16.1 Å². The van der Waals surface area contributed by atoms with E-state index in [1.807, 2.05) is 36.4 Å². The van der Waals surface area contributed by atoms with Crippen LogP contribution in [0.2, 0.25) is 0 Å². The van der Waals surface area contributed by atoms with Crippen LogP contribution in [0.1, 0.15) is 35.6 Å². The molecule has 8 heteroatoms. The van der Waals surface area contributed by atoms with Crippen LogP contribution in [0.15, 0.2) is 94.9 Å². The summed E-state index contributed by atoms with van der Waals surface area (Å²) < 4.78 is 26.5. The number of carbonyl (C=O) groups is 1. The lowest BCUT2D eigenvalue weighted by Crippen LogP contribution is -2.47. The number of hydrogen-bond acceptors (Lipinski definition) is 5. The van der Waals surface area contributed by atoms with Gasteiger partial charge in [-0.1, -0.05) is 46.3 Å². The number of benzene rings is 3. The van der Waals surface area contributed by atoms with Crippen LogP contribution in [0.25, 0.3) is 0 Å². The highest BCUT2D eigenvalue weighted by molar-refractivity contribution is 9.10. The molecule has 0 bridgehead atoms. The van der Waals surface area contributed by atoms with E-state index in [1.54, 1.807) is 30.3 Å². The second-order valence-electron chi connectivity index (χ2n) is 8.65. The first-order valence-electron chi connectivity index (χ1n) is 11.9. The Kier molecular flexibility index (Phi) is 8.74. The summed E-state index contributed by atoms with van der Waals surface area (Å²) in [6.45, 7) is 4.49. The summed E-state index contributed by atoms with van der Waals surface area (Å²) in [6.07, 6.45) is 1.72. The maximum absolute atomic E-state index is 13.8. The van der Waals surface area contributed by atoms with Gasteiger partial charge in [-0.25, -0.2) is 9.38 Å². The van der Waals surface area contributed by atoms with Gasteiger partial charge in [0.15, 0.2) is 11.6 Å². The van der Waals surface area contributed by atoms with Crippen molar-refractivity contribution in [2.24, 2.45) is 4.99 Å². The molecule has 0 radical (unpaired) electrons. The molecule has 37 heavy (non-hydrogen) atoms. The zero-order chi connectivity index (χ0) is 26.3. The molecule has 0 unspecified atom stereocenters. The Bertz CT molecular complexity index is 1260. The van der Waals surface area contributed by atoms with E-state index in [-0.39, 0.29) is 31.3 Å². The second-order valence-corrected chi connectivity index (χ2v) is 9.56. The van der Waals surface area contributed by atoms with Crippen molar-refractivity contribution >= 4 is 27.7 Å². The normalized spacial score (nSPS) is 18.6. The number of aliphatic imine (C=N–C) groups is 1. The Labute approximate surface area is 224 Å². The first kappa shape index (κ1) is 26.6. The molecule has 0 spiro atoms. The van der Waals surface area contributed by atoms with E-state index in [2.05, 4.69) is 27.8 Å². The molecular formula is C29H28BrFN2O4. The van der Waals surface area contributed by atoms with Gasteiger partial charge >= 0.3 is 0 Å². The van der Waals surface area contributed by atoms with E-state index in [0.717, 1.165) is 10.0 Å². The largest absolute Gasteiger partial charge is 0.494 e. The van der Waals surface area contributed by atoms with Gasteiger partial charge in [0.25, 0.3) is 5.91 Å². The molecule has 6 nitrogen and oxygen atoms in total. The van der Waals surface area contributed by atoms with Gasteiger partial charge in [-0.05, 0) is 59.7 Å². The van der Waals surface area contributed by atoms with Crippen molar-refractivity contribution in [2.45, 2.75) is 31.0 Å². The van der Waals surface area contributed by atoms with Crippen LogP contribution in [0, 0.1) is 5.82 Å². The van der Waals surface area contributed by atoms with Gasteiger partial charge in [-0.15, -0.1) is 6.58 Å². The number of amides is 1. The van der Waals surface area contributed by atoms with Crippen LogP contribution in [0.3, 0.4) is 0 Å². The van der Waals surface area contributed by atoms with E-state index in [4.69, 9.17) is 19.6 Å². The lowest BCUT2D eigenvalue weighted by molar-refractivity contribution is -0.129. The molecule has 1 amide bonds. The predicted molar refractivity (Wildman–Crippen MR) is 144 cm³/mol. The number of hydrogen-bond donors (Lipinski definition) is 2. The molecule has 0 aromatic heterocycles. The second kappa shape index (κ2) is 12.2. The average molecular weight is 567 g/mol. The molecule has 0 fully saturated rings. The van der Waals surface area contributed by atoms with E-state index in [1.165, 1.54) is 12.1 Å². The smallest absolute Gasteiger partial charge is 0.252 e. The number of aliphatic hydroxyl groups is 1. The lowest BCUT2D eigenvalue weighted by atomic mass is 9.84. The Balaban J connectivity index is 1.66. The highest BCUT2D eigenvalue weighted by Crippen LogP contribution is 2.43. The Morgan fingerprint density at radius 3 is 2.62 bits per heavy atom. The number of carbonyl (C=O) groups excluding carboxylic acids is 1. The van der Waals surface area contributed by atoms with Gasteiger partial charge in [0, 0.05) is 36.0 Å². The molecule has 0 saturated carbocycles. The van der Waals surface area contributed by atoms with Gasteiger partial charge in [0.2, 0.25) is 5.90 Å².